The number of halogens is 1. The van der Waals surface area contributed by atoms with Crippen LogP contribution in [-0.2, 0) is 6.54 Å². The average Bonchev–Trinajstić information content (AvgIpc) is 2.84. The summed E-state index contributed by atoms with van der Waals surface area (Å²) in [6.07, 6.45) is 5.19. The Kier molecular flexibility index (Phi) is 4.57. The SMILES string of the molecule is CNc1ncc(C(=O)NCCn2cc(C)cn2)cc1Cl. The van der Waals surface area contributed by atoms with Crippen molar-refractivity contribution in [3.05, 3.63) is 40.8 Å². The quantitative estimate of drug-likeness (QED) is 0.880. The molecule has 106 valence electrons. The Labute approximate surface area is 122 Å². The predicted octanol–water partition coefficient (Wildman–Crippen LogP) is 1.71. The number of aryl methyl sites for hydroxylation is 1. The van der Waals surface area contributed by atoms with Crippen molar-refractivity contribution in [3.8, 4) is 0 Å². The third-order valence-corrected chi connectivity index (χ3v) is 3.02. The number of rotatable bonds is 5. The molecule has 2 aromatic rings. The first-order chi connectivity index (χ1) is 9.60. The van der Waals surface area contributed by atoms with Crippen LogP contribution >= 0.6 is 11.6 Å². The van der Waals surface area contributed by atoms with Crippen LogP contribution in [0.4, 0.5) is 5.82 Å². The summed E-state index contributed by atoms with van der Waals surface area (Å²) in [5.41, 5.74) is 1.53. The summed E-state index contributed by atoms with van der Waals surface area (Å²) in [7, 11) is 1.72. The molecule has 0 bridgehead atoms. The number of aromatic nitrogens is 3. The third kappa shape index (κ3) is 3.48. The molecule has 2 heterocycles. The van der Waals surface area contributed by atoms with Crippen LogP contribution in [0.2, 0.25) is 5.02 Å². The summed E-state index contributed by atoms with van der Waals surface area (Å²) in [5, 5.41) is 10.2. The average molecular weight is 294 g/mol. The van der Waals surface area contributed by atoms with E-state index in [0.29, 0.717) is 29.5 Å². The van der Waals surface area contributed by atoms with E-state index < -0.39 is 0 Å². The Morgan fingerprint density at radius 3 is 2.85 bits per heavy atom. The summed E-state index contributed by atoms with van der Waals surface area (Å²) < 4.78 is 1.78. The van der Waals surface area contributed by atoms with Gasteiger partial charge in [-0.15, -0.1) is 0 Å². The van der Waals surface area contributed by atoms with Gasteiger partial charge in [0.25, 0.3) is 5.91 Å². The van der Waals surface area contributed by atoms with Crippen molar-refractivity contribution in [1.29, 1.82) is 0 Å². The second kappa shape index (κ2) is 6.38. The lowest BCUT2D eigenvalue weighted by atomic mass is 10.2. The molecule has 0 fully saturated rings. The highest BCUT2D eigenvalue weighted by Gasteiger charge is 2.08. The monoisotopic (exact) mass is 293 g/mol. The van der Waals surface area contributed by atoms with Crippen LogP contribution < -0.4 is 10.6 Å². The topological polar surface area (TPSA) is 71.8 Å². The molecule has 6 nitrogen and oxygen atoms in total. The molecule has 2 N–H and O–H groups in total. The summed E-state index contributed by atoms with van der Waals surface area (Å²) in [4.78, 5) is 16.0. The van der Waals surface area contributed by atoms with Gasteiger partial charge >= 0.3 is 0 Å². The summed E-state index contributed by atoms with van der Waals surface area (Å²) in [5.74, 6) is 0.348. The van der Waals surface area contributed by atoms with Gasteiger partial charge < -0.3 is 10.6 Å². The van der Waals surface area contributed by atoms with Crippen molar-refractivity contribution in [2.24, 2.45) is 0 Å². The number of pyridine rings is 1. The molecule has 0 atom stereocenters. The van der Waals surface area contributed by atoms with Gasteiger partial charge in [-0.1, -0.05) is 11.6 Å². The first-order valence-corrected chi connectivity index (χ1v) is 6.58. The number of carbonyl (C=O) groups is 1. The molecule has 0 aliphatic rings. The summed E-state index contributed by atoms with van der Waals surface area (Å²) in [6.45, 7) is 3.08. The van der Waals surface area contributed by atoms with E-state index in [9.17, 15) is 4.79 Å². The van der Waals surface area contributed by atoms with Crippen molar-refractivity contribution in [2.75, 3.05) is 18.9 Å². The molecular weight excluding hydrogens is 278 g/mol. The minimum atomic E-state index is -0.203. The van der Waals surface area contributed by atoms with Gasteiger partial charge in [-0.05, 0) is 18.6 Å². The Morgan fingerprint density at radius 1 is 1.45 bits per heavy atom. The number of carbonyl (C=O) groups excluding carboxylic acids is 1. The maximum atomic E-state index is 11.9. The maximum absolute atomic E-state index is 11.9. The normalized spacial score (nSPS) is 10.3. The molecule has 2 rings (SSSR count). The molecule has 1 amide bonds. The molecular formula is C13H16ClN5O. The number of amides is 1. The lowest BCUT2D eigenvalue weighted by molar-refractivity contribution is 0.0951. The van der Waals surface area contributed by atoms with Crippen LogP contribution in [-0.4, -0.2) is 34.3 Å². The van der Waals surface area contributed by atoms with Gasteiger partial charge in [-0.3, -0.25) is 9.48 Å². The van der Waals surface area contributed by atoms with Gasteiger partial charge in [0.1, 0.15) is 5.82 Å². The standard InChI is InChI=1S/C13H16ClN5O/c1-9-6-18-19(8-9)4-3-16-13(20)10-5-11(14)12(15-2)17-7-10/h5-8H,3-4H2,1-2H3,(H,15,17)(H,16,20). The lowest BCUT2D eigenvalue weighted by Gasteiger charge is -2.07. The van der Waals surface area contributed by atoms with Crippen LogP contribution in [0.3, 0.4) is 0 Å². The predicted molar refractivity (Wildman–Crippen MR) is 78.1 cm³/mol. The Bertz CT molecular complexity index is 611. The van der Waals surface area contributed by atoms with E-state index in [-0.39, 0.29) is 5.91 Å². The van der Waals surface area contributed by atoms with E-state index in [1.165, 1.54) is 6.20 Å². The molecule has 0 saturated heterocycles. The molecule has 0 aliphatic carbocycles. The first kappa shape index (κ1) is 14.3. The van der Waals surface area contributed by atoms with Crippen molar-refractivity contribution < 1.29 is 4.79 Å². The highest BCUT2D eigenvalue weighted by molar-refractivity contribution is 6.33. The number of hydrogen-bond donors (Lipinski definition) is 2. The van der Waals surface area contributed by atoms with Gasteiger partial charge in [-0.2, -0.15) is 5.10 Å². The fourth-order valence-corrected chi connectivity index (χ4v) is 1.98. The van der Waals surface area contributed by atoms with Crippen LogP contribution in [0.5, 0.6) is 0 Å². The van der Waals surface area contributed by atoms with Gasteiger partial charge in [0, 0.05) is 26.0 Å². The second-order valence-electron chi connectivity index (χ2n) is 4.34. The van der Waals surface area contributed by atoms with Gasteiger partial charge in [0.2, 0.25) is 0 Å². The highest BCUT2D eigenvalue weighted by Crippen LogP contribution is 2.19. The second-order valence-corrected chi connectivity index (χ2v) is 4.75. The van der Waals surface area contributed by atoms with E-state index in [0.717, 1.165) is 5.56 Å². The van der Waals surface area contributed by atoms with Crippen LogP contribution in [0.25, 0.3) is 0 Å². The number of hydrogen-bond acceptors (Lipinski definition) is 4. The molecule has 7 heteroatoms. The van der Waals surface area contributed by atoms with Crippen molar-refractivity contribution in [2.45, 2.75) is 13.5 Å². The van der Waals surface area contributed by atoms with E-state index in [2.05, 4.69) is 20.7 Å². The highest BCUT2D eigenvalue weighted by atomic mass is 35.5. The van der Waals surface area contributed by atoms with E-state index >= 15 is 0 Å². The Balaban J connectivity index is 1.90. The minimum Gasteiger partial charge on any atom is -0.372 e. The Morgan fingerprint density at radius 2 is 2.25 bits per heavy atom. The molecule has 0 unspecified atom stereocenters. The molecule has 20 heavy (non-hydrogen) atoms. The number of nitrogens with one attached hydrogen (secondary N) is 2. The molecule has 2 aromatic heterocycles. The maximum Gasteiger partial charge on any atom is 0.252 e. The van der Waals surface area contributed by atoms with E-state index in [1.807, 2.05) is 13.1 Å². The molecule has 0 saturated carbocycles. The first-order valence-electron chi connectivity index (χ1n) is 6.20. The zero-order chi connectivity index (χ0) is 14.5. The largest absolute Gasteiger partial charge is 0.372 e. The van der Waals surface area contributed by atoms with Gasteiger partial charge in [-0.25, -0.2) is 4.98 Å². The van der Waals surface area contributed by atoms with E-state index in [1.54, 1.807) is 24.0 Å². The van der Waals surface area contributed by atoms with Crippen LogP contribution in [0.15, 0.2) is 24.7 Å². The summed E-state index contributed by atoms with van der Waals surface area (Å²) >= 11 is 5.99. The smallest absolute Gasteiger partial charge is 0.252 e. The lowest BCUT2D eigenvalue weighted by Crippen LogP contribution is -2.27. The van der Waals surface area contributed by atoms with Crippen molar-refractivity contribution >= 4 is 23.3 Å². The third-order valence-electron chi connectivity index (χ3n) is 2.73. The minimum absolute atomic E-state index is 0.203. The van der Waals surface area contributed by atoms with Crippen molar-refractivity contribution in [1.82, 2.24) is 20.1 Å². The van der Waals surface area contributed by atoms with Gasteiger partial charge in [0.05, 0.1) is 23.3 Å². The van der Waals surface area contributed by atoms with Gasteiger partial charge in [0.15, 0.2) is 0 Å². The Hall–Kier alpha value is -2.08. The number of anilines is 1. The fraction of sp³-hybridized carbons (Fsp3) is 0.308. The van der Waals surface area contributed by atoms with E-state index in [4.69, 9.17) is 11.6 Å². The zero-order valence-corrected chi connectivity index (χ0v) is 12.1. The molecule has 0 radical (unpaired) electrons. The molecule has 0 aliphatic heterocycles. The summed E-state index contributed by atoms with van der Waals surface area (Å²) in [6, 6.07) is 1.59. The zero-order valence-electron chi connectivity index (χ0n) is 11.4. The van der Waals surface area contributed by atoms with Crippen LogP contribution in [0, 0.1) is 6.92 Å². The van der Waals surface area contributed by atoms with Crippen LogP contribution in [0.1, 0.15) is 15.9 Å². The fourth-order valence-electron chi connectivity index (χ4n) is 1.72. The van der Waals surface area contributed by atoms with Crippen molar-refractivity contribution in [3.63, 3.8) is 0 Å². The molecule has 0 aromatic carbocycles. The number of nitrogens with zero attached hydrogens (tertiary/aromatic N) is 3. The molecule has 0 spiro atoms.